The third-order valence-electron chi connectivity index (χ3n) is 5.80. The summed E-state index contributed by atoms with van der Waals surface area (Å²) in [5.74, 6) is 0.0815. The molecule has 5 rings (SSSR count). The van der Waals surface area contributed by atoms with Crippen LogP contribution >= 0.6 is 11.6 Å². The lowest BCUT2D eigenvalue weighted by Crippen LogP contribution is -2.28. The molecule has 1 amide bonds. The second-order valence-electron chi connectivity index (χ2n) is 7.67. The summed E-state index contributed by atoms with van der Waals surface area (Å²) in [5.41, 5.74) is 9.97. The number of nitrogen functional groups attached to an aromatic ring is 1. The Labute approximate surface area is 189 Å². The van der Waals surface area contributed by atoms with Crippen molar-refractivity contribution in [3.05, 3.63) is 100.0 Å². The van der Waals surface area contributed by atoms with Crippen LogP contribution in [0.3, 0.4) is 0 Å². The number of nitrogens with zero attached hydrogens (tertiary/aromatic N) is 2. The fraction of sp³-hybridized carbons (Fsp3) is 0.120. The van der Waals surface area contributed by atoms with Crippen molar-refractivity contribution in [1.29, 1.82) is 0 Å². The lowest BCUT2D eigenvalue weighted by molar-refractivity contribution is 0.0737. The number of hydrogen-bond donors (Lipinski definition) is 1. The van der Waals surface area contributed by atoms with Crippen molar-refractivity contribution >= 4 is 34.1 Å². The van der Waals surface area contributed by atoms with Gasteiger partial charge < -0.3 is 15.4 Å². The molecule has 0 aliphatic carbocycles. The third-order valence-corrected chi connectivity index (χ3v) is 6.15. The molecule has 32 heavy (non-hydrogen) atoms. The van der Waals surface area contributed by atoms with E-state index in [1.165, 1.54) is 18.2 Å². The maximum absolute atomic E-state index is 14.2. The van der Waals surface area contributed by atoms with E-state index >= 15 is 0 Å². The summed E-state index contributed by atoms with van der Waals surface area (Å²) in [6, 6.07) is 16.4. The standard InChI is InChI=1S/C25H19ClFN3O2/c1-32-16-7-4-14(5-8-16)13-30-24(18-11-15(27)6-9-19(18)26)23-20(28)12-21-17(3-2-10-29-21)22(23)25(30)31/h2-12,24H,13,28H2,1H3. The van der Waals surface area contributed by atoms with Crippen LogP contribution in [0.2, 0.25) is 5.02 Å². The molecule has 0 spiro atoms. The number of aromatic nitrogens is 1. The highest BCUT2D eigenvalue weighted by molar-refractivity contribution is 6.31. The van der Waals surface area contributed by atoms with Gasteiger partial charge in [-0.3, -0.25) is 9.78 Å². The van der Waals surface area contributed by atoms with Crippen LogP contribution in [0.4, 0.5) is 10.1 Å². The number of fused-ring (bicyclic) bond motifs is 3. The summed E-state index contributed by atoms with van der Waals surface area (Å²) in [7, 11) is 1.60. The highest BCUT2D eigenvalue weighted by Gasteiger charge is 2.41. The zero-order valence-corrected chi connectivity index (χ0v) is 17.9. The van der Waals surface area contributed by atoms with Gasteiger partial charge in [0.25, 0.3) is 5.91 Å². The Kier molecular flexibility index (Phi) is 4.94. The molecular formula is C25H19ClFN3O2. The molecule has 0 bridgehead atoms. The SMILES string of the molecule is COc1ccc(CN2C(=O)c3c(c(N)cc4ncccc34)C2c2cc(F)ccc2Cl)cc1. The Balaban J connectivity index is 1.72. The van der Waals surface area contributed by atoms with Crippen molar-refractivity contribution in [1.82, 2.24) is 9.88 Å². The van der Waals surface area contributed by atoms with Gasteiger partial charge >= 0.3 is 0 Å². The van der Waals surface area contributed by atoms with Gasteiger partial charge in [-0.2, -0.15) is 0 Å². The van der Waals surface area contributed by atoms with Crippen molar-refractivity contribution in [2.24, 2.45) is 0 Å². The van der Waals surface area contributed by atoms with Crippen molar-refractivity contribution < 1.29 is 13.9 Å². The quantitative estimate of drug-likeness (QED) is 0.427. The summed E-state index contributed by atoms with van der Waals surface area (Å²) >= 11 is 6.49. The first-order chi connectivity index (χ1) is 15.5. The van der Waals surface area contributed by atoms with E-state index in [2.05, 4.69) is 4.98 Å². The van der Waals surface area contributed by atoms with Crippen molar-refractivity contribution in [2.75, 3.05) is 12.8 Å². The van der Waals surface area contributed by atoms with Crippen LogP contribution < -0.4 is 10.5 Å². The highest BCUT2D eigenvalue weighted by Crippen LogP contribution is 2.47. The van der Waals surface area contributed by atoms with Crippen LogP contribution in [0.5, 0.6) is 5.75 Å². The van der Waals surface area contributed by atoms with Crippen LogP contribution in [0.1, 0.15) is 33.1 Å². The minimum Gasteiger partial charge on any atom is -0.497 e. The first kappa shape index (κ1) is 20.3. The van der Waals surface area contributed by atoms with Crippen molar-refractivity contribution in [2.45, 2.75) is 12.6 Å². The summed E-state index contributed by atoms with van der Waals surface area (Å²) in [6.07, 6.45) is 1.66. The highest BCUT2D eigenvalue weighted by atomic mass is 35.5. The summed E-state index contributed by atoms with van der Waals surface area (Å²) in [6.45, 7) is 0.288. The lowest BCUT2D eigenvalue weighted by atomic mass is 9.93. The number of methoxy groups -OCH3 is 1. The van der Waals surface area contributed by atoms with Crippen molar-refractivity contribution in [3.8, 4) is 5.75 Å². The number of carbonyl (C=O) groups is 1. The molecule has 4 aromatic rings. The molecule has 1 aromatic heterocycles. The molecule has 1 aliphatic rings. The van der Waals surface area contributed by atoms with Gasteiger partial charge in [-0.25, -0.2) is 4.39 Å². The molecule has 0 fully saturated rings. The van der Waals surface area contributed by atoms with E-state index in [-0.39, 0.29) is 12.5 Å². The Bertz CT molecular complexity index is 1360. The predicted octanol–water partition coefficient (Wildman–Crippen LogP) is 5.36. The first-order valence-corrected chi connectivity index (χ1v) is 10.4. The van der Waals surface area contributed by atoms with Crippen LogP contribution in [0.25, 0.3) is 10.9 Å². The van der Waals surface area contributed by atoms with Crippen LogP contribution in [-0.2, 0) is 6.54 Å². The molecule has 1 aliphatic heterocycles. The normalized spacial score (nSPS) is 15.3. The minimum atomic E-state index is -0.632. The number of ether oxygens (including phenoxy) is 1. The van der Waals surface area contributed by atoms with E-state index in [0.717, 1.165) is 11.3 Å². The largest absolute Gasteiger partial charge is 0.497 e. The van der Waals surface area contributed by atoms with Crippen LogP contribution in [-0.4, -0.2) is 22.9 Å². The average Bonchev–Trinajstić information content (AvgIpc) is 3.09. The minimum absolute atomic E-state index is 0.202. The number of anilines is 1. The predicted molar refractivity (Wildman–Crippen MR) is 122 cm³/mol. The smallest absolute Gasteiger partial charge is 0.256 e. The third kappa shape index (κ3) is 3.24. The molecule has 2 N–H and O–H groups in total. The van der Waals surface area contributed by atoms with Gasteiger partial charge in [-0.05, 0) is 48.0 Å². The van der Waals surface area contributed by atoms with Gasteiger partial charge in [0.05, 0.1) is 24.2 Å². The van der Waals surface area contributed by atoms with Crippen molar-refractivity contribution in [3.63, 3.8) is 0 Å². The first-order valence-electron chi connectivity index (χ1n) is 10.0. The van der Waals surface area contributed by atoms with Gasteiger partial charge in [0.2, 0.25) is 0 Å². The Morgan fingerprint density at radius 2 is 1.94 bits per heavy atom. The lowest BCUT2D eigenvalue weighted by Gasteiger charge is -2.27. The molecule has 5 nitrogen and oxygen atoms in total. The van der Waals surface area contributed by atoms with Gasteiger partial charge in [-0.1, -0.05) is 29.8 Å². The fourth-order valence-corrected chi connectivity index (χ4v) is 4.56. The number of halogens is 2. The Hall–Kier alpha value is -3.64. The molecule has 1 unspecified atom stereocenters. The Morgan fingerprint density at radius 3 is 2.69 bits per heavy atom. The average molecular weight is 448 g/mol. The maximum Gasteiger partial charge on any atom is 0.256 e. The zero-order valence-electron chi connectivity index (χ0n) is 17.2. The molecular weight excluding hydrogens is 429 g/mol. The number of nitrogens with two attached hydrogens (primary N) is 1. The number of rotatable bonds is 4. The Morgan fingerprint density at radius 1 is 1.16 bits per heavy atom. The molecule has 0 saturated carbocycles. The molecule has 3 aromatic carbocycles. The summed E-state index contributed by atoms with van der Waals surface area (Å²) in [5, 5.41) is 1.07. The summed E-state index contributed by atoms with van der Waals surface area (Å²) in [4.78, 5) is 19.8. The molecule has 2 heterocycles. The zero-order chi connectivity index (χ0) is 22.4. The maximum atomic E-state index is 14.2. The second kappa shape index (κ2) is 7.80. The molecule has 1 atom stereocenters. The van der Waals surface area contributed by atoms with Gasteiger partial charge in [0.15, 0.2) is 0 Å². The topological polar surface area (TPSA) is 68.5 Å². The molecule has 0 radical (unpaired) electrons. The fourth-order valence-electron chi connectivity index (χ4n) is 4.34. The number of hydrogen-bond acceptors (Lipinski definition) is 4. The number of benzene rings is 3. The second-order valence-corrected chi connectivity index (χ2v) is 8.08. The van der Waals surface area contributed by atoms with Gasteiger partial charge in [0.1, 0.15) is 11.6 Å². The number of pyridine rings is 1. The van der Waals surface area contributed by atoms with E-state index in [9.17, 15) is 9.18 Å². The van der Waals surface area contributed by atoms with E-state index in [1.54, 1.807) is 30.3 Å². The molecule has 7 heteroatoms. The van der Waals surface area contributed by atoms with Crippen LogP contribution in [0.15, 0.2) is 66.9 Å². The molecule has 0 saturated heterocycles. The number of amides is 1. The number of carbonyl (C=O) groups excluding carboxylic acids is 1. The van der Waals surface area contributed by atoms with E-state index < -0.39 is 11.9 Å². The van der Waals surface area contributed by atoms with E-state index in [1.807, 2.05) is 30.3 Å². The van der Waals surface area contributed by atoms with E-state index in [0.29, 0.717) is 38.3 Å². The van der Waals surface area contributed by atoms with Crippen LogP contribution in [0, 0.1) is 5.82 Å². The van der Waals surface area contributed by atoms with Gasteiger partial charge in [-0.15, -0.1) is 0 Å². The van der Waals surface area contributed by atoms with E-state index in [4.69, 9.17) is 22.1 Å². The summed E-state index contributed by atoms with van der Waals surface area (Å²) < 4.78 is 19.5. The molecule has 160 valence electrons. The van der Waals surface area contributed by atoms with Gasteiger partial charge in [0, 0.05) is 40.0 Å². The monoisotopic (exact) mass is 447 g/mol.